The number of hydrogen-bond acceptors (Lipinski definition) is 6. The van der Waals surface area contributed by atoms with Gasteiger partial charge in [0.05, 0.1) is 5.56 Å². The number of nitrogens with zero attached hydrogens (tertiary/aromatic N) is 3. The zero-order valence-electron chi connectivity index (χ0n) is 14.2. The Morgan fingerprint density at radius 1 is 0.963 bits per heavy atom. The molecule has 0 aliphatic carbocycles. The third-order valence-electron chi connectivity index (χ3n) is 3.75. The second kappa shape index (κ2) is 7.92. The average Bonchev–Trinajstić information content (AvgIpc) is 3.16. The summed E-state index contributed by atoms with van der Waals surface area (Å²) >= 11 is 1.44. The third kappa shape index (κ3) is 4.27. The van der Waals surface area contributed by atoms with Gasteiger partial charge in [-0.2, -0.15) is 4.39 Å². The first kappa shape index (κ1) is 17.1. The van der Waals surface area contributed by atoms with Crippen LogP contribution in [0.1, 0.15) is 5.56 Å². The lowest BCUT2D eigenvalue weighted by molar-refractivity contribution is 0.306. The van der Waals surface area contributed by atoms with Gasteiger partial charge in [-0.15, -0.1) is 10.2 Å². The summed E-state index contributed by atoms with van der Waals surface area (Å²) in [5.41, 5.74) is 2.50. The molecule has 0 saturated heterocycles. The summed E-state index contributed by atoms with van der Waals surface area (Å²) in [5.74, 6) is 0.141. The van der Waals surface area contributed by atoms with Gasteiger partial charge in [0.15, 0.2) is 5.01 Å². The van der Waals surface area contributed by atoms with Crippen molar-refractivity contribution in [2.24, 2.45) is 0 Å². The van der Waals surface area contributed by atoms with Crippen LogP contribution in [-0.4, -0.2) is 15.2 Å². The molecule has 0 aliphatic rings. The fourth-order valence-corrected chi connectivity index (χ4v) is 3.28. The molecule has 0 radical (unpaired) electrons. The van der Waals surface area contributed by atoms with Crippen LogP contribution in [0.25, 0.3) is 10.6 Å². The molecule has 7 heteroatoms. The molecule has 0 amide bonds. The van der Waals surface area contributed by atoms with Crippen molar-refractivity contribution in [1.29, 1.82) is 0 Å². The van der Waals surface area contributed by atoms with Gasteiger partial charge in [-0.05, 0) is 42.0 Å². The number of pyridine rings is 1. The number of nitrogens with one attached hydrogen (secondary N) is 1. The summed E-state index contributed by atoms with van der Waals surface area (Å²) in [6.07, 6.45) is 1.42. The Labute approximate surface area is 159 Å². The van der Waals surface area contributed by atoms with Crippen LogP contribution >= 0.6 is 11.3 Å². The second-order valence-corrected chi connectivity index (χ2v) is 6.65. The largest absolute Gasteiger partial charge is 0.488 e. The Hall–Kier alpha value is -3.32. The molecule has 1 N–H and O–H groups in total. The number of hydrogen-bond donors (Lipinski definition) is 1. The van der Waals surface area contributed by atoms with Crippen molar-refractivity contribution in [3.63, 3.8) is 0 Å². The minimum Gasteiger partial charge on any atom is -0.488 e. The Balaban J connectivity index is 1.52. The van der Waals surface area contributed by atoms with Gasteiger partial charge in [-0.25, -0.2) is 4.98 Å². The van der Waals surface area contributed by atoms with Crippen LogP contribution in [0.2, 0.25) is 0 Å². The van der Waals surface area contributed by atoms with Gasteiger partial charge in [0.25, 0.3) is 0 Å². The Morgan fingerprint density at radius 2 is 1.78 bits per heavy atom. The van der Waals surface area contributed by atoms with Crippen LogP contribution in [0.3, 0.4) is 0 Å². The third-order valence-corrected chi connectivity index (χ3v) is 4.62. The minimum absolute atomic E-state index is 0.240. The Morgan fingerprint density at radius 3 is 2.63 bits per heavy atom. The summed E-state index contributed by atoms with van der Waals surface area (Å²) in [4.78, 5) is 3.55. The van der Waals surface area contributed by atoms with Crippen molar-refractivity contribution in [3.05, 3.63) is 84.4 Å². The topological polar surface area (TPSA) is 59.9 Å². The fourth-order valence-electron chi connectivity index (χ4n) is 2.49. The lowest BCUT2D eigenvalue weighted by Gasteiger charge is -2.09. The molecule has 2 heterocycles. The smallest absolute Gasteiger partial charge is 0.213 e. The molecular formula is C20H15FN4OS. The number of rotatable bonds is 6. The van der Waals surface area contributed by atoms with Crippen molar-refractivity contribution in [1.82, 2.24) is 15.2 Å². The number of benzene rings is 2. The van der Waals surface area contributed by atoms with Crippen LogP contribution in [0.15, 0.2) is 72.9 Å². The number of aromatic nitrogens is 3. The molecule has 2 aromatic heterocycles. The molecule has 0 aliphatic heterocycles. The first-order valence-electron chi connectivity index (χ1n) is 8.26. The number of halogens is 1. The van der Waals surface area contributed by atoms with E-state index >= 15 is 0 Å². The van der Waals surface area contributed by atoms with Gasteiger partial charge in [-0.1, -0.05) is 41.7 Å². The van der Waals surface area contributed by atoms with E-state index in [-0.39, 0.29) is 6.61 Å². The Kier molecular flexibility index (Phi) is 5.02. The molecule has 5 nitrogen and oxygen atoms in total. The highest BCUT2D eigenvalue weighted by Gasteiger charge is 2.12. The molecule has 2 aromatic carbocycles. The van der Waals surface area contributed by atoms with E-state index in [2.05, 4.69) is 20.5 Å². The number of anilines is 2. The van der Waals surface area contributed by atoms with E-state index in [4.69, 9.17) is 4.74 Å². The molecule has 0 atom stereocenters. The van der Waals surface area contributed by atoms with Gasteiger partial charge in [0.2, 0.25) is 11.1 Å². The molecule has 0 fully saturated rings. The van der Waals surface area contributed by atoms with Crippen LogP contribution < -0.4 is 10.1 Å². The highest BCUT2D eigenvalue weighted by Crippen LogP contribution is 2.34. The van der Waals surface area contributed by atoms with Gasteiger partial charge in [-0.3, -0.25) is 0 Å². The van der Waals surface area contributed by atoms with Crippen LogP contribution in [0, 0.1) is 5.95 Å². The quantitative estimate of drug-likeness (QED) is 0.475. The van der Waals surface area contributed by atoms with Gasteiger partial charge in [0.1, 0.15) is 12.4 Å². The van der Waals surface area contributed by atoms with Crippen LogP contribution in [0.4, 0.5) is 15.2 Å². The first-order valence-corrected chi connectivity index (χ1v) is 9.08. The fraction of sp³-hybridized carbons (Fsp3) is 0.0500. The summed E-state index contributed by atoms with van der Waals surface area (Å²) in [7, 11) is 0. The van der Waals surface area contributed by atoms with Crippen molar-refractivity contribution < 1.29 is 9.13 Å². The van der Waals surface area contributed by atoms with E-state index in [1.54, 1.807) is 6.07 Å². The predicted molar refractivity (Wildman–Crippen MR) is 104 cm³/mol. The maximum Gasteiger partial charge on any atom is 0.213 e. The summed E-state index contributed by atoms with van der Waals surface area (Å²) in [6, 6.07) is 20.5. The van der Waals surface area contributed by atoms with Crippen molar-refractivity contribution in [2.45, 2.75) is 6.61 Å². The minimum atomic E-state index is -0.523. The van der Waals surface area contributed by atoms with E-state index in [0.717, 1.165) is 16.3 Å². The lowest BCUT2D eigenvalue weighted by Crippen LogP contribution is -1.98. The molecule has 0 spiro atoms. The molecular weight excluding hydrogens is 363 g/mol. The van der Waals surface area contributed by atoms with E-state index in [1.165, 1.54) is 23.6 Å². The highest BCUT2D eigenvalue weighted by molar-refractivity contribution is 7.18. The van der Waals surface area contributed by atoms with E-state index < -0.39 is 5.95 Å². The van der Waals surface area contributed by atoms with Crippen LogP contribution in [0.5, 0.6) is 5.75 Å². The van der Waals surface area contributed by atoms with Gasteiger partial charge in [0, 0.05) is 11.9 Å². The lowest BCUT2D eigenvalue weighted by atomic mass is 10.2. The summed E-state index contributed by atoms with van der Waals surface area (Å²) in [6.45, 7) is 0.240. The molecule has 134 valence electrons. The van der Waals surface area contributed by atoms with E-state index in [1.807, 2.05) is 54.6 Å². The molecule has 0 unspecified atom stereocenters. The molecule has 27 heavy (non-hydrogen) atoms. The molecule has 0 saturated carbocycles. The van der Waals surface area contributed by atoms with E-state index in [0.29, 0.717) is 16.4 Å². The zero-order valence-corrected chi connectivity index (χ0v) is 15.0. The Bertz CT molecular complexity index is 1040. The van der Waals surface area contributed by atoms with Gasteiger partial charge < -0.3 is 10.1 Å². The molecule has 0 bridgehead atoms. The zero-order chi connectivity index (χ0) is 18.5. The van der Waals surface area contributed by atoms with Crippen molar-refractivity contribution >= 4 is 22.2 Å². The van der Waals surface area contributed by atoms with Crippen molar-refractivity contribution in [2.75, 3.05) is 5.32 Å². The van der Waals surface area contributed by atoms with E-state index in [9.17, 15) is 4.39 Å². The molecule has 4 rings (SSSR count). The standard InChI is InChI=1S/C20H15FN4OS/c21-18-12-14(10-11-22-18)13-26-17-9-5-4-8-16(17)19-24-25-20(27-19)23-15-6-2-1-3-7-15/h1-12H,13H2,(H,23,25). The summed E-state index contributed by atoms with van der Waals surface area (Å²) < 4.78 is 19.1. The maximum atomic E-state index is 13.2. The first-order chi connectivity index (χ1) is 13.3. The normalized spacial score (nSPS) is 10.6. The second-order valence-electron chi connectivity index (χ2n) is 5.68. The van der Waals surface area contributed by atoms with Crippen LogP contribution in [-0.2, 0) is 6.61 Å². The SMILES string of the molecule is Fc1cc(COc2ccccc2-c2nnc(Nc3ccccc3)s2)ccn1. The monoisotopic (exact) mass is 378 g/mol. The maximum absolute atomic E-state index is 13.2. The van der Waals surface area contributed by atoms with Gasteiger partial charge >= 0.3 is 0 Å². The highest BCUT2D eigenvalue weighted by atomic mass is 32.1. The summed E-state index contributed by atoms with van der Waals surface area (Å²) in [5, 5.41) is 13.1. The average molecular weight is 378 g/mol. The molecule has 4 aromatic rings. The number of para-hydroxylation sites is 2. The number of ether oxygens (including phenoxy) is 1. The predicted octanol–water partition coefficient (Wildman–Crippen LogP) is 5.06. The van der Waals surface area contributed by atoms with Crippen molar-refractivity contribution in [3.8, 4) is 16.3 Å².